The third kappa shape index (κ3) is 3.74. The van der Waals surface area contributed by atoms with Crippen LogP contribution in [0.4, 0.5) is 0 Å². The van der Waals surface area contributed by atoms with Gasteiger partial charge in [0.1, 0.15) is 11.5 Å². The predicted octanol–water partition coefficient (Wildman–Crippen LogP) is 3.92. The smallest absolute Gasteiger partial charge is 0.133 e. The average molecular weight is 409 g/mol. The van der Waals surface area contributed by atoms with Crippen LogP contribution in [0, 0.1) is 5.92 Å². The van der Waals surface area contributed by atoms with Gasteiger partial charge in [-0.1, -0.05) is 0 Å². The van der Waals surface area contributed by atoms with Gasteiger partial charge < -0.3 is 9.47 Å². The summed E-state index contributed by atoms with van der Waals surface area (Å²) in [7, 11) is 1.92. The van der Waals surface area contributed by atoms with Crippen molar-refractivity contribution < 1.29 is 14.3 Å². The Morgan fingerprint density at radius 2 is 2.00 bits per heavy atom. The van der Waals surface area contributed by atoms with Crippen molar-refractivity contribution in [2.75, 3.05) is 13.2 Å². The Balaban J connectivity index is 1.46. The first-order valence-corrected chi connectivity index (χ1v) is 10.8. The number of hydrogen-bond donors (Lipinski definition) is 0. The van der Waals surface area contributed by atoms with Crippen molar-refractivity contribution in [1.82, 2.24) is 19.6 Å². The summed E-state index contributed by atoms with van der Waals surface area (Å²) in [5, 5.41) is 10.2. The molecule has 1 aromatic carbocycles. The summed E-state index contributed by atoms with van der Waals surface area (Å²) in [5.41, 5.74) is 3.00. The summed E-state index contributed by atoms with van der Waals surface area (Å²) >= 11 is 0. The molecule has 3 heterocycles. The highest BCUT2D eigenvalue weighted by Crippen LogP contribution is 2.35. The van der Waals surface area contributed by atoms with Gasteiger partial charge in [0.25, 0.3) is 0 Å². The number of Topliss-reactive ketones (excluding diaryl/α,β-unsaturated/α-hetero) is 1. The molecular weight excluding hydrogens is 380 g/mol. The van der Waals surface area contributed by atoms with Crippen LogP contribution < -0.4 is 4.74 Å². The molecule has 1 saturated heterocycles. The van der Waals surface area contributed by atoms with E-state index in [0.717, 1.165) is 60.3 Å². The van der Waals surface area contributed by atoms with Gasteiger partial charge in [0.2, 0.25) is 0 Å². The second kappa shape index (κ2) is 7.87. The Labute approximate surface area is 176 Å². The Hall–Kier alpha value is -2.67. The van der Waals surface area contributed by atoms with E-state index in [1.165, 1.54) is 0 Å². The third-order valence-electron chi connectivity index (χ3n) is 6.46. The molecule has 0 spiro atoms. The highest BCUT2D eigenvalue weighted by molar-refractivity contribution is 5.89. The fraction of sp³-hybridized carbons (Fsp3) is 0.522. The SMILES string of the molecule is C[C@@H](Oc1cc(-c2cnn(C3CCOCC3)c2)cc2nn(C)cc12)[C@H]1CCC(=O)C1. The maximum Gasteiger partial charge on any atom is 0.133 e. The van der Waals surface area contributed by atoms with Crippen LogP contribution in [0.1, 0.15) is 45.1 Å². The lowest BCUT2D eigenvalue weighted by Gasteiger charge is -2.22. The van der Waals surface area contributed by atoms with E-state index in [4.69, 9.17) is 9.47 Å². The molecule has 1 aliphatic heterocycles. The van der Waals surface area contributed by atoms with Crippen molar-refractivity contribution in [3.8, 4) is 16.9 Å². The van der Waals surface area contributed by atoms with Gasteiger partial charge in [0, 0.05) is 57.0 Å². The summed E-state index contributed by atoms with van der Waals surface area (Å²) in [6.07, 6.45) is 10.2. The summed E-state index contributed by atoms with van der Waals surface area (Å²) in [4.78, 5) is 11.7. The number of carbonyl (C=O) groups excluding carboxylic acids is 1. The summed E-state index contributed by atoms with van der Waals surface area (Å²) in [5.74, 6) is 1.45. The van der Waals surface area contributed by atoms with Crippen molar-refractivity contribution in [3.05, 3.63) is 30.7 Å². The Morgan fingerprint density at radius 1 is 1.17 bits per heavy atom. The molecule has 7 nitrogen and oxygen atoms in total. The van der Waals surface area contributed by atoms with Crippen molar-refractivity contribution >= 4 is 16.7 Å². The monoisotopic (exact) mass is 408 g/mol. The number of benzene rings is 1. The molecule has 0 bridgehead atoms. The molecule has 2 aromatic heterocycles. The molecule has 2 fully saturated rings. The van der Waals surface area contributed by atoms with Gasteiger partial charge in [-0.05, 0) is 43.9 Å². The van der Waals surface area contributed by atoms with Gasteiger partial charge in [-0.3, -0.25) is 14.2 Å². The van der Waals surface area contributed by atoms with Gasteiger partial charge in [0.05, 0.1) is 29.2 Å². The molecule has 30 heavy (non-hydrogen) atoms. The standard InChI is InChI=1S/C23H28N4O3/c1-15(16-3-4-20(28)9-16)30-23-11-17(10-22-21(23)14-26(2)25-22)18-12-24-27(13-18)19-5-7-29-8-6-19/h10-16,19H,3-9H2,1-2H3/t15-,16+/m1/s1. The summed E-state index contributed by atoms with van der Waals surface area (Å²) < 4.78 is 15.8. The van der Waals surface area contributed by atoms with Crippen LogP contribution in [-0.4, -0.2) is 44.7 Å². The van der Waals surface area contributed by atoms with Gasteiger partial charge in [-0.15, -0.1) is 0 Å². The molecule has 1 aliphatic carbocycles. The lowest BCUT2D eigenvalue weighted by atomic mass is 10.0. The molecular formula is C23H28N4O3. The predicted molar refractivity (Wildman–Crippen MR) is 113 cm³/mol. The van der Waals surface area contributed by atoms with Crippen LogP contribution in [-0.2, 0) is 16.6 Å². The van der Waals surface area contributed by atoms with Gasteiger partial charge in [-0.2, -0.15) is 10.2 Å². The number of hydrogen-bond acceptors (Lipinski definition) is 5. The molecule has 0 unspecified atom stereocenters. The van der Waals surface area contributed by atoms with Crippen molar-refractivity contribution in [3.63, 3.8) is 0 Å². The quantitative estimate of drug-likeness (QED) is 0.640. The Morgan fingerprint density at radius 3 is 2.77 bits per heavy atom. The van der Waals surface area contributed by atoms with Gasteiger partial charge in [0.15, 0.2) is 0 Å². The molecule has 0 N–H and O–H groups in total. The Kier molecular flexibility index (Phi) is 5.06. The minimum Gasteiger partial charge on any atom is -0.490 e. The van der Waals surface area contributed by atoms with Crippen molar-refractivity contribution in [2.24, 2.45) is 13.0 Å². The number of ether oxygens (including phenoxy) is 2. The zero-order valence-electron chi connectivity index (χ0n) is 17.6. The second-order valence-electron chi connectivity index (χ2n) is 8.63. The van der Waals surface area contributed by atoms with E-state index in [2.05, 4.69) is 40.1 Å². The van der Waals surface area contributed by atoms with E-state index in [-0.39, 0.29) is 12.0 Å². The first-order valence-electron chi connectivity index (χ1n) is 10.8. The van der Waals surface area contributed by atoms with Crippen molar-refractivity contribution in [2.45, 2.75) is 51.2 Å². The van der Waals surface area contributed by atoms with E-state index in [1.54, 1.807) is 0 Å². The number of carbonyl (C=O) groups is 1. The molecule has 3 aromatic rings. The zero-order chi connectivity index (χ0) is 20.7. The number of aryl methyl sites for hydroxylation is 1. The lowest BCUT2D eigenvalue weighted by Crippen LogP contribution is -2.21. The maximum absolute atomic E-state index is 11.7. The zero-order valence-corrected chi connectivity index (χ0v) is 17.6. The minimum atomic E-state index is -0.0138. The first-order chi connectivity index (χ1) is 14.6. The molecule has 7 heteroatoms. The third-order valence-corrected chi connectivity index (χ3v) is 6.46. The topological polar surface area (TPSA) is 71.2 Å². The molecule has 2 atom stereocenters. The highest BCUT2D eigenvalue weighted by Gasteiger charge is 2.29. The Bertz CT molecular complexity index is 1060. The molecule has 2 aliphatic rings. The molecule has 0 amide bonds. The number of rotatable bonds is 5. The largest absolute Gasteiger partial charge is 0.490 e. The van der Waals surface area contributed by atoms with Gasteiger partial charge in [-0.25, -0.2) is 0 Å². The normalized spacial score (nSPS) is 21.4. The van der Waals surface area contributed by atoms with E-state index < -0.39 is 0 Å². The fourth-order valence-electron chi connectivity index (χ4n) is 4.65. The second-order valence-corrected chi connectivity index (χ2v) is 8.63. The number of fused-ring (bicyclic) bond motifs is 1. The minimum absolute atomic E-state index is 0.0138. The van der Waals surface area contributed by atoms with Crippen LogP contribution >= 0.6 is 0 Å². The molecule has 0 radical (unpaired) electrons. The molecule has 5 rings (SSSR count). The molecule has 1 saturated carbocycles. The molecule has 158 valence electrons. The van der Waals surface area contributed by atoms with E-state index in [1.807, 2.05) is 24.1 Å². The average Bonchev–Trinajstić information content (AvgIpc) is 3.47. The lowest BCUT2D eigenvalue weighted by molar-refractivity contribution is -0.117. The van der Waals surface area contributed by atoms with E-state index in [9.17, 15) is 4.79 Å². The van der Waals surface area contributed by atoms with Gasteiger partial charge >= 0.3 is 0 Å². The van der Waals surface area contributed by atoms with Crippen LogP contribution in [0.15, 0.2) is 30.7 Å². The number of aromatic nitrogens is 4. The highest BCUT2D eigenvalue weighted by atomic mass is 16.5. The van der Waals surface area contributed by atoms with Crippen LogP contribution in [0.3, 0.4) is 0 Å². The van der Waals surface area contributed by atoms with Crippen LogP contribution in [0.25, 0.3) is 22.0 Å². The summed E-state index contributed by atoms with van der Waals surface area (Å²) in [6.45, 7) is 3.65. The van der Waals surface area contributed by atoms with E-state index in [0.29, 0.717) is 24.7 Å². The number of ketones is 1. The van der Waals surface area contributed by atoms with E-state index >= 15 is 0 Å². The summed E-state index contributed by atoms with van der Waals surface area (Å²) in [6, 6.07) is 4.57. The first kappa shape index (κ1) is 19.3. The number of nitrogens with zero attached hydrogens (tertiary/aromatic N) is 4. The fourth-order valence-corrected chi connectivity index (χ4v) is 4.65. The van der Waals surface area contributed by atoms with Crippen LogP contribution in [0.2, 0.25) is 0 Å². The van der Waals surface area contributed by atoms with Crippen LogP contribution in [0.5, 0.6) is 5.75 Å². The van der Waals surface area contributed by atoms with Crippen molar-refractivity contribution in [1.29, 1.82) is 0 Å². The maximum atomic E-state index is 11.7.